The van der Waals surface area contributed by atoms with Crippen molar-refractivity contribution in [3.05, 3.63) is 29.8 Å². The summed E-state index contributed by atoms with van der Waals surface area (Å²) in [6.07, 6.45) is 2.11. The van der Waals surface area contributed by atoms with Gasteiger partial charge in [0, 0.05) is 0 Å². The second-order valence-corrected chi connectivity index (χ2v) is 3.47. The Labute approximate surface area is 86.1 Å². The Balaban J connectivity index is 2.65. The molecule has 1 rings (SSSR count). The molecular weight excluding hydrogens is 174 g/mol. The fourth-order valence-electron chi connectivity index (χ4n) is 1.42. The lowest BCUT2D eigenvalue weighted by Crippen LogP contribution is -2.17. The van der Waals surface area contributed by atoms with E-state index in [4.69, 9.17) is 10.5 Å². The maximum Gasteiger partial charge on any atom is 0.122 e. The summed E-state index contributed by atoms with van der Waals surface area (Å²) in [5.41, 5.74) is 6.73. The summed E-state index contributed by atoms with van der Waals surface area (Å²) >= 11 is 0. The van der Waals surface area contributed by atoms with Crippen LogP contribution in [-0.2, 0) is 6.42 Å². The molecule has 0 saturated carbocycles. The van der Waals surface area contributed by atoms with Crippen LogP contribution >= 0.6 is 0 Å². The van der Waals surface area contributed by atoms with Crippen LogP contribution in [0.5, 0.6) is 5.75 Å². The second-order valence-electron chi connectivity index (χ2n) is 3.47. The molecule has 1 atom stereocenters. The summed E-state index contributed by atoms with van der Waals surface area (Å²) < 4.78 is 5.80. The maximum atomic E-state index is 5.80. The van der Waals surface area contributed by atoms with Crippen molar-refractivity contribution >= 4 is 0 Å². The third-order valence-corrected chi connectivity index (χ3v) is 2.25. The van der Waals surface area contributed by atoms with Crippen molar-refractivity contribution in [3.63, 3.8) is 0 Å². The van der Waals surface area contributed by atoms with Crippen molar-refractivity contribution < 1.29 is 4.74 Å². The van der Waals surface area contributed by atoms with Crippen molar-refractivity contribution in [2.75, 3.05) is 6.54 Å². The van der Waals surface area contributed by atoms with Gasteiger partial charge in [-0.2, -0.15) is 0 Å². The highest BCUT2D eigenvalue weighted by atomic mass is 16.5. The number of benzene rings is 1. The Bertz CT molecular complexity index is 273. The van der Waals surface area contributed by atoms with Crippen LogP contribution < -0.4 is 10.5 Å². The van der Waals surface area contributed by atoms with E-state index in [0.717, 1.165) is 18.6 Å². The van der Waals surface area contributed by atoms with Crippen LogP contribution in [0.4, 0.5) is 0 Å². The molecule has 0 radical (unpaired) electrons. The molecule has 0 heterocycles. The van der Waals surface area contributed by atoms with Crippen LogP contribution in [0.3, 0.4) is 0 Å². The molecule has 1 unspecified atom stereocenters. The van der Waals surface area contributed by atoms with Crippen molar-refractivity contribution in [1.29, 1.82) is 0 Å². The summed E-state index contributed by atoms with van der Waals surface area (Å²) in [5.74, 6) is 0.996. The molecular formula is C12H19NO. The second kappa shape index (κ2) is 5.66. The van der Waals surface area contributed by atoms with Gasteiger partial charge in [0.05, 0.1) is 6.10 Å². The molecule has 0 spiro atoms. The zero-order chi connectivity index (χ0) is 10.4. The normalized spacial score (nSPS) is 12.5. The third kappa shape index (κ3) is 3.04. The van der Waals surface area contributed by atoms with E-state index in [1.165, 1.54) is 5.56 Å². The fraction of sp³-hybridized carbons (Fsp3) is 0.500. The van der Waals surface area contributed by atoms with Gasteiger partial charge in [-0.25, -0.2) is 0 Å². The van der Waals surface area contributed by atoms with Crippen LogP contribution in [0.25, 0.3) is 0 Å². The molecule has 78 valence electrons. The molecule has 0 saturated heterocycles. The monoisotopic (exact) mass is 193 g/mol. The minimum Gasteiger partial charge on any atom is -0.490 e. The Morgan fingerprint density at radius 1 is 1.36 bits per heavy atom. The quantitative estimate of drug-likeness (QED) is 0.779. The minimum atomic E-state index is 0.202. The van der Waals surface area contributed by atoms with Crippen LogP contribution in [0.2, 0.25) is 0 Å². The molecule has 0 aliphatic rings. The van der Waals surface area contributed by atoms with Crippen LogP contribution in [-0.4, -0.2) is 12.6 Å². The topological polar surface area (TPSA) is 35.2 Å². The maximum absolute atomic E-state index is 5.80. The molecule has 0 aliphatic heterocycles. The molecule has 1 aromatic rings. The number of hydrogen-bond donors (Lipinski definition) is 1. The summed E-state index contributed by atoms with van der Waals surface area (Å²) in [4.78, 5) is 0. The van der Waals surface area contributed by atoms with Gasteiger partial charge in [-0.1, -0.05) is 25.1 Å². The van der Waals surface area contributed by atoms with E-state index in [1.54, 1.807) is 0 Å². The molecule has 0 bridgehead atoms. The highest BCUT2D eigenvalue weighted by Crippen LogP contribution is 2.20. The van der Waals surface area contributed by atoms with E-state index in [0.29, 0.717) is 6.54 Å². The Kier molecular flexibility index (Phi) is 4.47. The number of nitrogens with two attached hydrogens (primary N) is 1. The number of hydrogen-bond acceptors (Lipinski definition) is 2. The average Bonchev–Trinajstić information content (AvgIpc) is 2.19. The number of ether oxygens (including phenoxy) is 1. The van der Waals surface area contributed by atoms with E-state index in [-0.39, 0.29) is 6.10 Å². The molecule has 0 amide bonds. The molecule has 0 aromatic heterocycles. The first-order valence-electron chi connectivity index (χ1n) is 5.22. The first kappa shape index (κ1) is 11.1. The standard InChI is InChI=1S/C12H19NO/c1-3-11-6-4-5-7-12(11)14-10(2)8-9-13/h4-7,10H,3,8-9,13H2,1-2H3. The first-order chi connectivity index (χ1) is 6.77. The van der Waals surface area contributed by atoms with Gasteiger partial charge in [0.2, 0.25) is 0 Å². The lowest BCUT2D eigenvalue weighted by Gasteiger charge is -2.16. The summed E-state index contributed by atoms with van der Waals surface area (Å²) in [7, 11) is 0. The van der Waals surface area contributed by atoms with Gasteiger partial charge in [-0.3, -0.25) is 0 Å². The van der Waals surface area contributed by atoms with Gasteiger partial charge in [0.15, 0.2) is 0 Å². The molecule has 14 heavy (non-hydrogen) atoms. The van der Waals surface area contributed by atoms with Crippen molar-refractivity contribution in [1.82, 2.24) is 0 Å². The SMILES string of the molecule is CCc1ccccc1OC(C)CCN. The Morgan fingerprint density at radius 3 is 2.71 bits per heavy atom. The number of para-hydroxylation sites is 1. The smallest absolute Gasteiger partial charge is 0.122 e. The van der Waals surface area contributed by atoms with E-state index < -0.39 is 0 Å². The van der Waals surface area contributed by atoms with Gasteiger partial charge < -0.3 is 10.5 Å². The van der Waals surface area contributed by atoms with E-state index in [1.807, 2.05) is 18.2 Å². The first-order valence-corrected chi connectivity index (χ1v) is 5.22. The lowest BCUT2D eigenvalue weighted by atomic mass is 10.1. The Hall–Kier alpha value is -1.02. The molecule has 1 aromatic carbocycles. The van der Waals surface area contributed by atoms with Gasteiger partial charge in [-0.05, 0) is 37.9 Å². The largest absolute Gasteiger partial charge is 0.490 e. The zero-order valence-electron chi connectivity index (χ0n) is 8.99. The summed E-state index contributed by atoms with van der Waals surface area (Å²) in [6, 6.07) is 8.17. The molecule has 2 heteroatoms. The molecule has 0 fully saturated rings. The average molecular weight is 193 g/mol. The molecule has 2 nitrogen and oxygen atoms in total. The number of aryl methyl sites for hydroxylation is 1. The zero-order valence-corrected chi connectivity index (χ0v) is 8.99. The van der Waals surface area contributed by atoms with Crippen LogP contribution in [0, 0.1) is 0 Å². The summed E-state index contributed by atoms with van der Waals surface area (Å²) in [6.45, 7) is 4.87. The highest BCUT2D eigenvalue weighted by Gasteiger charge is 2.05. The lowest BCUT2D eigenvalue weighted by molar-refractivity contribution is 0.212. The van der Waals surface area contributed by atoms with E-state index >= 15 is 0 Å². The number of rotatable bonds is 5. The predicted octanol–water partition coefficient (Wildman–Crippen LogP) is 2.37. The van der Waals surface area contributed by atoms with Gasteiger partial charge in [0.1, 0.15) is 5.75 Å². The molecule has 0 aliphatic carbocycles. The van der Waals surface area contributed by atoms with Gasteiger partial charge in [-0.15, -0.1) is 0 Å². The highest BCUT2D eigenvalue weighted by molar-refractivity contribution is 5.33. The minimum absolute atomic E-state index is 0.202. The summed E-state index contributed by atoms with van der Waals surface area (Å²) in [5, 5.41) is 0. The van der Waals surface area contributed by atoms with Gasteiger partial charge in [0.25, 0.3) is 0 Å². The predicted molar refractivity (Wildman–Crippen MR) is 59.6 cm³/mol. The van der Waals surface area contributed by atoms with Crippen LogP contribution in [0.15, 0.2) is 24.3 Å². The van der Waals surface area contributed by atoms with Crippen molar-refractivity contribution in [2.24, 2.45) is 5.73 Å². The third-order valence-electron chi connectivity index (χ3n) is 2.25. The van der Waals surface area contributed by atoms with E-state index in [2.05, 4.69) is 19.9 Å². The van der Waals surface area contributed by atoms with Crippen molar-refractivity contribution in [2.45, 2.75) is 32.8 Å². The molecule has 2 N–H and O–H groups in total. The van der Waals surface area contributed by atoms with Gasteiger partial charge >= 0.3 is 0 Å². The van der Waals surface area contributed by atoms with Crippen LogP contribution in [0.1, 0.15) is 25.8 Å². The fourth-order valence-corrected chi connectivity index (χ4v) is 1.42. The van der Waals surface area contributed by atoms with Crippen molar-refractivity contribution in [3.8, 4) is 5.75 Å². The van der Waals surface area contributed by atoms with E-state index in [9.17, 15) is 0 Å². The Morgan fingerprint density at radius 2 is 2.07 bits per heavy atom.